The zero-order valence-corrected chi connectivity index (χ0v) is 7.27. The summed E-state index contributed by atoms with van der Waals surface area (Å²) < 4.78 is 35.5. The van der Waals surface area contributed by atoms with Crippen molar-refractivity contribution < 1.29 is 23.1 Å². The average Bonchev–Trinajstić information content (AvgIpc) is 2.50. The Labute approximate surface area is 78.5 Å². The summed E-state index contributed by atoms with van der Waals surface area (Å²) in [6.45, 7) is 0.433. The molecule has 1 amide bonds. The number of carbonyl (C=O) groups is 1. The lowest BCUT2D eigenvalue weighted by molar-refractivity contribution is -0.174. The van der Waals surface area contributed by atoms with E-state index in [-0.39, 0.29) is 19.1 Å². The van der Waals surface area contributed by atoms with Crippen molar-refractivity contribution >= 4 is 5.91 Å². The summed E-state index contributed by atoms with van der Waals surface area (Å²) in [5.41, 5.74) is 0. The second-order valence-corrected chi connectivity index (χ2v) is 3.18. The minimum Gasteiger partial charge on any atom is -0.396 e. The number of hydrogen-bond acceptors (Lipinski definition) is 3. The van der Waals surface area contributed by atoms with Crippen LogP contribution in [0.25, 0.3) is 0 Å². The fourth-order valence-corrected chi connectivity index (χ4v) is 1.34. The van der Waals surface area contributed by atoms with Crippen molar-refractivity contribution in [3.8, 4) is 0 Å². The van der Waals surface area contributed by atoms with Crippen LogP contribution in [-0.2, 0) is 4.79 Å². The van der Waals surface area contributed by atoms with Crippen molar-refractivity contribution in [2.75, 3.05) is 19.7 Å². The van der Waals surface area contributed by atoms with Gasteiger partial charge in [0.05, 0.1) is 0 Å². The Kier molecular flexibility index (Phi) is 3.33. The molecular formula is C7H11F3N2O2. The summed E-state index contributed by atoms with van der Waals surface area (Å²) in [5, 5.41) is 13.4. The van der Waals surface area contributed by atoms with Gasteiger partial charge in [-0.05, 0) is 0 Å². The number of amides is 1. The molecule has 2 unspecified atom stereocenters. The first kappa shape index (κ1) is 11.3. The molecule has 1 fully saturated rings. The van der Waals surface area contributed by atoms with Gasteiger partial charge in [-0.25, -0.2) is 0 Å². The van der Waals surface area contributed by atoms with Crippen LogP contribution < -0.4 is 10.6 Å². The lowest BCUT2D eigenvalue weighted by Gasteiger charge is -2.18. The minimum absolute atomic E-state index is 0.240. The standard InChI is InChI=1S/C7H11F3N2O2/c8-7(9,10)6(14)12-5-2-11-1-4(5)3-13/h4-5,11,13H,1-3H2,(H,12,14). The first-order valence-corrected chi connectivity index (χ1v) is 4.14. The summed E-state index contributed by atoms with van der Waals surface area (Å²) in [4.78, 5) is 10.5. The molecule has 1 aliphatic rings. The van der Waals surface area contributed by atoms with Gasteiger partial charge in [-0.3, -0.25) is 4.79 Å². The lowest BCUT2D eigenvalue weighted by atomic mass is 10.1. The number of halogens is 3. The van der Waals surface area contributed by atoms with Crippen molar-refractivity contribution in [3.63, 3.8) is 0 Å². The van der Waals surface area contributed by atoms with E-state index in [2.05, 4.69) is 5.32 Å². The SMILES string of the molecule is O=C(NC1CNCC1CO)C(F)(F)F. The highest BCUT2D eigenvalue weighted by Crippen LogP contribution is 2.16. The molecule has 1 rings (SSSR count). The lowest BCUT2D eigenvalue weighted by Crippen LogP contribution is -2.47. The summed E-state index contributed by atoms with van der Waals surface area (Å²) in [7, 11) is 0. The van der Waals surface area contributed by atoms with E-state index in [4.69, 9.17) is 5.11 Å². The molecule has 82 valence electrons. The van der Waals surface area contributed by atoms with Crippen molar-refractivity contribution in [1.82, 2.24) is 10.6 Å². The molecule has 0 bridgehead atoms. The topological polar surface area (TPSA) is 61.4 Å². The van der Waals surface area contributed by atoms with Gasteiger partial charge >= 0.3 is 12.1 Å². The number of carbonyl (C=O) groups excluding carboxylic acids is 1. The molecule has 1 saturated heterocycles. The van der Waals surface area contributed by atoms with Crippen LogP contribution in [0, 0.1) is 5.92 Å². The van der Waals surface area contributed by atoms with E-state index < -0.39 is 18.1 Å². The summed E-state index contributed by atoms with van der Waals surface area (Å²) >= 11 is 0. The quantitative estimate of drug-likeness (QED) is 0.564. The largest absolute Gasteiger partial charge is 0.471 e. The molecule has 3 N–H and O–H groups in total. The molecule has 0 aromatic carbocycles. The third kappa shape index (κ3) is 2.58. The van der Waals surface area contributed by atoms with Crippen LogP contribution in [0.4, 0.5) is 13.2 Å². The van der Waals surface area contributed by atoms with Crippen molar-refractivity contribution in [3.05, 3.63) is 0 Å². The maximum atomic E-state index is 11.8. The molecule has 14 heavy (non-hydrogen) atoms. The molecule has 0 aliphatic carbocycles. The van der Waals surface area contributed by atoms with E-state index in [1.54, 1.807) is 0 Å². The molecule has 0 spiro atoms. The Bertz CT molecular complexity index is 219. The first-order valence-electron chi connectivity index (χ1n) is 4.14. The van der Waals surface area contributed by atoms with Crippen LogP contribution in [0.15, 0.2) is 0 Å². The highest BCUT2D eigenvalue weighted by molar-refractivity contribution is 5.82. The molecule has 0 aromatic heterocycles. The molecule has 0 saturated carbocycles. The van der Waals surface area contributed by atoms with Gasteiger partial charge in [0.2, 0.25) is 0 Å². The van der Waals surface area contributed by atoms with Gasteiger partial charge in [0.15, 0.2) is 0 Å². The number of aliphatic hydroxyl groups excluding tert-OH is 1. The van der Waals surface area contributed by atoms with E-state index in [1.807, 2.05) is 5.32 Å². The van der Waals surface area contributed by atoms with Gasteiger partial charge in [-0.15, -0.1) is 0 Å². The first-order chi connectivity index (χ1) is 6.45. The van der Waals surface area contributed by atoms with E-state index in [0.29, 0.717) is 6.54 Å². The van der Waals surface area contributed by atoms with Crippen molar-refractivity contribution in [2.24, 2.45) is 5.92 Å². The maximum absolute atomic E-state index is 11.8. The fourth-order valence-electron chi connectivity index (χ4n) is 1.34. The average molecular weight is 212 g/mol. The third-order valence-corrected chi connectivity index (χ3v) is 2.15. The Morgan fingerprint density at radius 3 is 2.64 bits per heavy atom. The summed E-state index contributed by atoms with van der Waals surface area (Å²) in [6.07, 6.45) is -4.86. The summed E-state index contributed by atoms with van der Waals surface area (Å²) in [5.74, 6) is -2.30. The fraction of sp³-hybridized carbons (Fsp3) is 0.857. The Hall–Kier alpha value is -0.820. The van der Waals surface area contributed by atoms with Crippen LogP contribution >= 0.6 is 0 Å². The number of hydrogen-bond donors (Lipinski definition) is 3. The van der Waals surface area contributed by atoms with Crippen LogP contribution in [0.5, 0.6) is 0 Å². The monoisotopic (exact) mass is 212 g/mol. The molecule has 4 nitrogen and oxygen atoms in total. The van der Waals surface area contributed by atoms with E-state index >= 15 is 0 Å². The van der Waals surface area contributed by atoms with Crippen LogP contribution in [0.3, 0.4) is 0 Å². The van der Waals surface area contributed by atoms with Gasteiger partial charge in [0.25, 0.3) is 0 Å². The molecule has 7 heteroatoms. The van der Waals surface area contributed by atoms with Gasteiger partial charge in [-0.2, -0.15) is 13.2 Å². The number of aliphatic hydroxyl groups is 1. The number of alkyl halides is 3. The highest BCUT2D eigenvalue weighted by atomic mass is 19.4. The van der Waals surface area contributed by atoms with Gasteiger partial charge in [0.1, 0.15) is 0 Å². The van der Waals surface area contributed by atoms with E-state index in [9.17, 15) is 18.0 Å². The molecular weight excluding hydrogens is 201 g/mol. The highest BCUT2D eigenvalue weighted by Gasteiger charge is 2.41. The van der Waals surface area contributed by atoms with Crippen LogP contribution in [0.1, 0.15) is 0 Å². The maximum Gasteiger partial charge on any atom is 0.471 e. The number of rotatable bonds is 2. The van der Waals surface area contributed by atoms with Crippen LogP contribution in [0.2, 0.25) is 0 Å². The molecule has 1 aliphatic heterocycles. The second-order valence-electron chi connectivity index (χ2n) is 3.18. The van der Waals surface area contributed by atoms with Gasteiger partial charge in [0, 0.05) is 31.7 Å². The van der Waals surface area contributed by atoms with Crippen LogP contribution in [-0.4, -0.2) is 42.9 Å². The van der Waals surface area contributed by atoms with E-state index in [0.717, 1.165) is 0 Å². The smallest absolute Gasteiger partial charge is 0.396 e. The second kappa shape index (κ2) is 4.14. The third-order valence-electron chi connectivity index (χ3n) is 2.15. The Morgan fingerprint density at radius 2 is 2.14 bits per heavy atom. The van der Waals surface area contributed by atoms with Gasteiger partial charge in [-0.1, -0.05) is 0 Å². The van der Waals surface area contributed by atoms with Crippen molar-refractivity contribution in [1.29, 1.82) is 0 Å². The molecule has 1 heterocycles. The van der Waals surface area contributed by atoms with Crippen molar-refractivity contribution in [2.45, 2.75) is 12.2 Å². The summed E-state index contributed by atoms with van der Waals surface area (Å²) in [6, 6.07) is -0.644. The zero-order valence-electron chi connectivity index (χ0n) is 7.27. The predicted molar refractivity (Wildman–Crippen MR) is 41.4 cm³/mol. The Morgan fingerprint density at radius 1 is 1.50 bits per heavy atom. The number of nitrogens with one attached hydrogen (secondary N) is 2. The Balaban J connectivity index is 2.48. The molecule has 2 atom stereocenters. The van der Waals surface area contributed by atoms with E-state index in [1.165, 1.54) is 0 Å². The van der Waals surface area contributed by atoms with Gasteiger partial charge < -0.3 is 15.7 Å². The normalized spacial score (nSPS) is 27.7. The molecule has 0 aromatic rings. The minimum atomic E-state index is -4.86. The zero-order chi connectivity index (χ0) is 10.8. The predicted octanol–water partition coefficient (Wildman–Crippen LogP) is -0.755. The molecule has 0 radical (unpaired) electrons.